The van der Waals surface area contributed by atoms with Gasteiger partial charge in [-0.15, -0.1) is 0 Å². The van der Waals surface area contributed by atoms with Gasteiger partial charge in [-0.3, -0.25) is 14.8 Å². The summed E-state index contributed by atoms with van der Waals surface area (Å²) in [4.78, 5) is 23.9. The molecule has 36 heavy (non-hydrogen) atoms. The fraction of sp³-hybridized carbons (Fsp3) is 0.185. The molecule has 8 nitrogen and oxygen atoms in total. The second-order valence-corrected chi connectivity index (χ2v) is 8.22. The van der Waals surface area contributed by atoms with E-state index in [-0.39, 0.29) is 24.8 Å². The van der Waals surface area contributed by atoms with Gasteiger partial charge < -0.3 is 21.1 Å². The number of rotatable bonds is 11. The summed E-state index contributed by atoms with van der Waals surface area (Å²) in [6.45, 7) is 5.63. The van der Waals surface area contributed by atoms with Crippen molar-refractivity contribution in [3.05, 3.63) is 96.3 Å². The minimum absolute atomic E-state index is 0.0470. The number of amides is 2. The predicted molar refractivity (Wildman–Crippen MR) is 136 cm³/mol. The van der Waals surface area contributed by atoms with E-state index in [1.165, 1.54) is 18.5 Å². The highest BCUT2D eigenvalue weighted by Gasteiger charge is 2.23. The van der Waals surface area contributed by atoms with E-state index in [2.05, 4.69) is 22.5 Å². The van der Waals surface area contributed by atoms with Gasteiger partial charge in [0, 0.05) is 23.5 Å². The number of halogens is 1. The lowest BCUT2D eigenvalue weighted by Gasteiger charge is -2.22. The highest BCUT2D eigenvalue weighted by Crippen LogP contribution is 2.23. The smallest absolute Gasteiger partial charge is 0.268 e. The van der Waals surface area contributed by atoms with Crippen molar-refractivity contribution >= 4 is 23.2 Å². The summed E-state index contributed by atoms with van der Waals surface area (Å²) in [6, 6.07) is 20.1. The minimum atomic E-state index is -1.06. The number of hydroxylamine groups is 1. The molecular weight excluding hydrogens is 463 g/mol. The van der Waals surface area contributed by atoms with Crippen LogP contribution in [0.15, 0.2) is 79.4 Å². The third-order valence-electron chi connectivity index (χ3n) is 5.50. The number of benzene rings is 3. The van der Waals surface area contributed by atoms with Crippen LogP contribution in [0.2, 0.25) is 0 Å². The van der Waals surface area contributed by atoms with Crippen LogP contribution in [-0.4, -0.2) is 40.8 Å². The van der Waals surface area contributed by atoms with Crippen molar-refractivity contribution in [3.63, 3.8) is 0 Å². The maximum atomic E-state index is 13.6. The molecule has 0 unspecified atom stereocenters. The Morgan fingerprint density at radius 2 is 1.58 bits per heavy atom. The lowest BCUT2D eigenvalue weighted by molar-refractivity contribution is -0.133. The third kappa shape index (κ3) is 7.22. The lowest BCUT2D eigenvalue weighted by Crippen LogP contribution is -2.48. The second-order valence-electron chi connectivity index (χ2n) is 8.22. The number of aliphatic hydroxyl groups is 1. The average Bonchev–Trinajstić information content (AvgIpc) is 2.88. The summed E-state index contributed by atoms with van der Waals surface area (Å²) in [5, 5.41) is 27.1. The molecule has 0 heterocycles. The fourth-order valence-corrected chi connectivity index (χ4v) is 3.51. The second kappa shape index (κ2) is 12.6. The van der Waals surface area contributed by atoms with Crippen LogP contribution >= 0.6 is 0 Å². The van der Waals surface area contributed by atoms with E-state index in [1.807, 2.05) is 36.4 Å². The zero-order chi connectivity index (χ0) is 26.1. The quantitative estimate of drug-likeness (QED) is 0.181. The molecule has 2 amide bonds. The van der Waals surface area contributed by atoms with Crippen molar-refractivity contribution in [2.45, 2.75) is 25.6 Å². The Morgan fingerprint density at radius 1 is 0.972 bits per heavy atom. The van der Waals surface area contributed by atoms with Crippen molar-refractivity contribution in [2.24, 2.45) is 0 Å². The number of hydrogen-bond acceptors (Lipinski definition) is 6. The Bertz CT molecular complexity index is 1200. The largest absolute Gasteiger partial charge is 0.391 e. The summed E-state index contributed by atoms with van der Waals surface area (Å²) in [6.07, 6.45) is -1.05. The standard InChI is InChI=1S/C27H29FN4O4/c1-17(30-26(18(2)33)27(35)32-36)19-7-9-20(10-8-19)21-11-13-23(14-12-21)31-25(34)16-29-15-22-5-3-4-6-24(22)28/h3-14,18,26,29-30,33,36H,1,15-16H2,2H3,(H,31,34)(H,32,35)/t18-,26+/m1/s1. The highest BCUT2D eigenvalue weighted by molar-refractivity contribution is 5.92. The van der Waals surface area contributed by atoms with Gasteiger partial charge in [-0.2, -0.15) is 0 Å². The van der Waals surface area contributed by atoms with Gasteiger partial charge >= 0.3 is 0 Å². The molecule has 3 aromatic rings. The van der Waals surface area contributed by atoms with E-state index < -0.39 is 18.1 Å². The van der Waals surface area contributed by atoms with Gasteiger partial charge in [0.05, 0.1) is 12.6 Å². The highest BCUT2D eigenvalue weighted by atomic mass is 19.1. The van der Waals surface area contributed by atoms with Gasteiger partial charge in [-0.1, -0.05) is 61.2 Å². The molecule has 0 aliphatic rings. The molecule has 0 saturated heterocycles. The molecular formula is C27H29FN4O4. The number of carbonyl (C=O) groups is 2. The summed E-state index contributed by atoms with van der Waals surface area (Å²) < 4.78 is 13.6. The molecule has 0 fully saturated rings. The summed E-state index contributed by atoms with van der Waals surface area (Å²) >= 11 is 0. The summed E-state index contributed by atoms with van der Waals surface area (Å²) in [5.41, 5.74) is 5.64. The van der Waals surface area contributed by atoms with Crippen molar-refractivity contribution in [1.29, 1.82) is 0 Å². The molecule has 0 aliphatic carbocycles. The summed E-state index contributed by atoms with van der Waals surface area (Å²) in [7, 11) is 0. The van der Waals surface area contributed by atoms with E-state index in [1.54, 1.807) is 30.3 Å². The average molecular weight is 493 g/mol. The van der Waals surface area contributed by atoms with Gasteiger partial charge in [0.15, 0.2) is 0 Å². The van der Waals surface area contributed by atoms with Crippen LogP contribution in [0.3, 0.4) is 0 Å². The van der Waals surface area contributed by atoms with Gasteiger partial charge in [0.2, 0.25) is 5.91 Å². The van der Waals surface area contributed by atoms with E-state index in [4.69, 9.17) is 5.21 Å². The van der Waals surface area contributed by atoms with Crippen LogP contribution in [0.1, 0.15) is 18.1 Å². The first-order valence-corrected chi connectivity index (χ1v) is 11.3. The molecule has 0 saturated carbocycles. The maximum absolute atomic E-state index is 13.6. The number of anilines is 1. The number of aliphatic hydroxyl groups excluding tert-OH is 1. The number of hydrogen-bond donors (Lipinski definition) is 6. The van der Waals surface area contributed by atoms with E-state index in [0.29, 0.717) is 22.5 Å². The normalized spacial score (nSPS) is 12.3. The zero-order valence-electron chi connectivity index (χ0n) is 19.8. The first kappa shape index (κ1) is 26.6. The van der Waals surface area contributed by atoms with Crippen LogP contribution in [0, 0.1) is 5.82 Å². The lowest BCUT2D eigenvalue weighted by atomic mass is 10.0. The molecule has 0 bridgehead atoms. The number of nitrogens with one attached hydrogen (secondary N) is 4. The predicted octanol–water partition coefficient (Wildman–Crippen LogP) is 3.04. The zero-order valence-corrected chi connectivity index (χ0v) is 19.8. The Hall–Kier alpha value is -4.05. The van der Waals surface area contributed by atoms with Crippen LogP contribution in [0.5, 0.6) is 0 Å². The Kier molecular flexibility index (Phi) is 9.29. The van der Waals surface area contributed by atoms with Crippen LogP contribution in [0.25, 0.3) is 16.8 Å². The van der Waals surface area contributed by atoms with Gasteiger partial charge in [0.1, 0.15) is 11.9 Å². The molecule has 6 N–H and O–H groups in total. The van der Waals surface area contributed by atoms with Crippen LogP contribution in [0.4, 0.5) is 10.1 Å². The molecule has 0 radical (unpaired) electrons. The molecule has 9 heteroatoms. The van der Waals surface area contributed by atoms with Gasteiger partial charge in [-0.25, -0.2) is 9.87 Å². The molecule has 188 valence electrons. The van der Waals surface area contributed by atoms with E-state index in [9.17, 15) is 19.1 Å². The Labute approximate surface area is 208 Å². The SMILES string of the molecule is C=C(N[C@H](C(=O)NO)[C@@H](C)O)c1ccc(-c2ccc(NC(=O)CNCc3ccccc3F)cc2)cc1. The number of carbonyl (C=O) groups excluding carboxylic acids is 2. The maximum Gasteiger partial charge on any atom is 0.268 e. The first-order valence-electron chi connectivity index (χ1n) is 11.3. The van der Waals surface area contributed by atoms with Crippen molar-refractivity contribution in [1.82, 2.24) is 16.1 Å². The molecule has 0 aromatic heterocycles. The van der Waals surface area contributed by atoms with E-state index >= 15 is 0 Å². The fourth-order valence-electron chi connectivity index (χ4n) is 3.51. The van der Waals surface area contributed by atoms with Crippen LogP contribution < -0.4 is 21.4 Å². The molecule has 2 atom stereocenters. The Balaban J connectivity index is 1.54. The first-order chi connectivity index (χ1) is 17.3. The molecule has 0 spiro atoms. The van der Waals surface area contributed by atoms with Gasteiger partial charge in [-0.05, 0) is 41.8 Å². The molecule has 3 rings (SSSR count). The van der Waals surface area contributed by atoms with E-state index in [0.717, 1.165) is 11.1 Å². The minimum Gasteiger partial charge on any atom is -0.391 e. The van der Waals surface area contributed by atoms with Crippen molar-refractivity contribution < 1.29 is 24.3 Å². The Morgan fingerprint density at radius 3 is 2.17 bits per heavy atom. The molecule has 0 aliphatic heterocycles. The van der Waals surface area contributed by atoms with Crippen molar-refractivity contribution in [2.75, 3.05) is 11.9 Å². The summed E-state index contributed by atoms with van der Waals surface area (Å²) in [5.74, 6) is -1.32. The van der Waals surface area contributed by atoms with Gasteiger partial charge in [0.25, 0.3) is 5.91 Å². The van der Waals surface area contributed by atoms with Crippen molar-refractivity contribution in [3.8, 4) is 11.1 Å². The molecule has 3 aromatic carbocycles. The monoisotopic (exact) mass is 492 g/mol. The topological polar surface area (TPSA) is 123 Å². The third-order valence-corrected chi connectivity index (χ3v) is 5.50. The van der Waals surface area contributed by atoms with Crippen LogP contribution in [-0.2, 0) is 16.1 Å².